The topological polar surface area (TPSA) is 74.8 Å². The number of carbonyl (C=O) groups is 2. The molecule has 1 aliphatic rings. The number of ether oxygens (including phenoxy) is 1. The average molecular weight is 356 g/mol. The number of pyridine rings is 1. The van der Waals surface area contributed by atoms with Gasteiger partial charge in [-0.25, -0.2) is 19.8 Å². The van der Waals surface area contributed by atoms with Crippen molar-refractivity contribution in [1.82, 2.24) is 20.3 Å². The van der Waals surface area contributed by atoms with E-state index in [1.54, 1.807) is 13.2 Å². The van der Waals surface area contributed by atoms with Gasteiger partial charge in [0.05, 0.1) is 12.6 Å². The van der Waals surface area contributed by atoms with Crippen LogP contribution in [0, 0.1) is 0 Å². The van der Waals surface area contributed by atoms with Crippen LogP contribution in [0.2, 0.25) is 0 Å². The molecule has 0 saturated carbocycles. The van der Waals surface area contributed by atoms with Crippen molar-refractivity contribution >= 4 is 22.8 Å². The molecule has 1 aliphatic heterocycles. The maximum absolute atomic E-state index is 13.0. The first-order valence-electron chi connectivity index (χ1n) is 8.65. The van der Waals surface area contributed by atoms with Crippen LogP contribution in [0.5, 0.6) is 5.75 Å². The maximum Gasteiger partial charge on any atom is 0.336 e. The zero-order valence-electron chi connectivity index (χ0n) is 15.6. The summed E-state index contributed by atoms with van der Waals surface area (Å²) in [6.07, 6.45) is 0.730. The summed E-state index contributed by atoms with van der Waals surface area (Å²) < 4.78 is 5.42. The number of para-hydroxylation sites is 1. The summed E-state index contributed by atoms with van der Waals surface area (Å²) >= 11 is 0. The van der Waals surface area contributed by atoms with Crippen LogP contribution >= 0.6 is 0 Å². The summed E-state index contributed by atoms with van der Waals surface area (Å²) in [7, 11) is 1.56. The normalized spacial score (nSPS) is 14.6. The van der Waals surface area contributed by atoms with Crippen molar-refractivity contribution in [2.24, 2.45) is 0 Å². The monoisotopic (exact) mass is 356 g/mol. The highest BCUT2D eigenvalue weighted by Crippen LogP contribution is 2.26. The minimum Gasteiger partial charge on any atom is -0.496 e. The van der Waals surface area contributed by atoms with Gasteiger partial charge in [-0.1, -0.05) is 12.1 Å². The van der Waals surface area contributed by atoms with E-state index in [-0.39, 0.29) is 23.2 Å². The fourth-order valence-electron chi connectivity index (χ4n) is 2.97. The molecular weight excluding hydrogens is 332 g/mol. The third-order valence-electron chi connectivity index (χ3n) is 4.10. The lowest BCUT2D eigenvalue weighted by molar-refractivity contribution is 0.0358. The van der Waals surface area contributed by atoms with E-state index >= 15 is 0 Å². The van der Waals surface area contributed by atoms with Crippen LogP contribution in [0.3, 0.4) is 0 Å². The van der Waals surface area contributed by atoms with Crippen molar-refractivity contribution in [1.29, 1.82) is 0 Å². The quantitative estimate of drug-likeness (QED) is 0.898. The van der Waals surface area contributed by atoms with Crippen molar-refractivity contribution in [2.75, 3.05) is 20.2 Å². The Morgan fingerprint density at radius 2 is 1.85 bits per heavy atom. The number of hydrazine groups is 1. The summed E-state index contributed by atoms with van der Waals surface area (Å²) in [4.78, 5) is 30.0. The first kappa shape index (κ1) is 18.0. The third kappa shape index (κ3) is 3.56. The Morgan fingerprint density at radius 1 is 1.15 bits per heavy atom. The Balaban J connectivity index is 1.91. The molecule has 2 aromatic rings. The molecule has 3 amide bonds. The van der Waals surface area contributed by atoms with Gasteiger partial charge in [-0.2, -0.15) is 0 Å². The van der Waals surface area contributed by atoms with Gasteiger partial charge in [-0.15, -0.1) is 0 Å². The van der Waals surface area contributed by atoms with E-state index in [1.807, 2.05) is 45.0 Å². The lowest BCUT2D eigenvalue weighted by Gasteiger charge is -2.31. The van der Waals surface area contributed by atoms with Gasteiger partial charge in [-0.05, 0) is 39.3 Å². The van der Waals surface area contributed by atoms with E-state index in [2.05, 4.69) is 10.3 Å². The number of nitrogens with one attached hydrogen (secondary N) is 1. The molecule has 3 rings (SSSR count). The van der Waals surface area contributed by atoms with Crippen LogP contribution in [0.1, 0.15) is 37.7 Å². The SMILES string of the molecule is COc1cc(C(=O)N2CCCN2C(=O)NC(C)(C)C)nc2ccccc12. The summed E-state index contributed by atoms with van der Waals surface area (Å²) in [5.74, 6) is 0.277. The van der Waals surface area contributed by atoms with Crippen molar-refractivity contribution in [3.63, 3.8) is 0 Å². The number of rotatable bonds is 2. The second kappa shape index (κ2) is 6.82. The molecule has 26 heavy (non-hydrogen) atoms. The highest BCUT2D eigenvalue weighted by atomic mass is 16.5. The second-order valence-electron chi connectivity index (χ2n) is 7.31. The lowest BCUT2D eigenvalue weighted by Crippen LogP contribution is -2.53. The minimum atomic E-state index is -0.376. The molecular formula is C19H24N4O3. The zero-order valence-corrected chi connectivity index (χ0v) is 15.6. The number of nitrogens with zero attached hydrogens (tertiary/aromatic N) is 3. The molecule has 1 aromatic heterocycles. The van der Waals surface area contributed by atoms with E-state index < -0.39 is 0 Å². The van der Waals surface area contributed by atoms with Gasteiger partial charge in [0.2, 0.25) is 0 Å². The Kier molecular flexibility index (Phi) is 4.71. The number of fused-ring (bicyclic) bond motifs is 1. The summed E-state index contributed by atoms with van der Waals surface area (Å²) in [5.41, 5.74) is 0.565. The fraction of sp³-hybridized carbons (Fsp3) is 0.421. The van der Waals surface area contributed by atoms with Crippen LogP contribution in [0.15, 0.2) is 30.3 Å². The highest BCUT2D eigenvalue weighted by molar-refractivity contribution is 5.98. The first-order valence-corrected chi connectivity index (χ1v) is 8.65. The molecule has 0 unspecified atom stereocenters. The number of aromatic nitrogens is 1. The van der Waals surface area contributed by atoms with Gasteiger partial charge < -0.3 is 10.1 Å². The number of carbonyl (C=O) groups excluding carboxylic acids is 2. The number of hydrogen-bond donors (Lipinski definition) is 1. The second-order valence-corrected chi connectivity index (χ2v) is 7.31. The van der Waals surface area contributed by atoms with Crippen LogP contribution in [-0.2, 0) is 0 Å². The standard InChI is InChI=1S/C19H24N4O3/c1-19(2,3)21-18(25)23-11-7-10-22(23)17(24)15-12-16(26-4)13-8-5-6-9-14(13)20-15/h5-6,8-9,12H,7,10-11H2,1-4H3,(H,21,25). The minimum absolute atomic E-state index is 0.260. The number of hydrogen-bond acceptors (Lipinski definition) is 4. The van der Waals surface area contributed by atoms with Gasteiger partial charge >= 0.3 is 6.03 Å². The number of benzene rings is 1. The molecule has 0 spiro atoms. The molecule has 0 bridgehead atoms. The van der Waals surface area contributed by atoms with E-state index in [0.29, 0.717) is 24.4 Å². The van der Waals surface area contributed by atoms with E-state index in [0.717, 1.165) is 11.8 Å². The zero-order chi connectivity index (χ0) is 18.9. The molecule has 0 radical (unpaired) electrons. The molecule has 0 atom stereocenters. The average Bonchev–Trinajstić information content (AvgIpc) is 3.08. The smallest absolute Gasteiger partial charge is 0.336 e. The Hall–Kier alpha value is -2.83. The van der Waals surface area contributed by atoms with Crippen molar-refractivity contribution in [2.45, 2.75) is 32.7 Å². The van der Waals surface area contributed by atoms with Crippen LogP contribution in [0.25, 0.3) is 10.9 Å². The Bertz CT molecular complexity index is 844. The predicted molar refractivity (Wildman–Crippen MR) is 98.9 cm³/mol. The summed E-state index contributed by atoms with van der Waals surface area (Å²) in [6, 6.07) is 8.84. The lowest BCUT2D eigenvalue weighted by atomic mass is 10.1. The van der Waals surface area contributed by atoms with Gasteiger partial charge in [0.15, 0.2) is 0 Å². The number of urea groups is 1. The van der Waals surface area contributed by atoms with Gasteiger partial charge in [-0.3, -0.25) is 4.79 Å². The fourth-order valence-corrected chi connectivity index (χ4v) is 2.97. The molecule has 1 fully saturated rings. The first-order chi connectivity index (χ1) is 12.3. The number of methoxy groups -OCH3 is 1. The van der Waals surface area contributed by atoms with Gasteiger partial charge in [0, 0.05) is 30.1 Å². The summed E-state index contributed by atoms with van der Waals surface area (Å²) in [5, 5.41) is 6.65. The maximum atomic E-state index is 13.0. The molecule has 138 valence electrons. The van der Waals surface area contributed by atoms with Crippen molar-refractivity contribution < 1.29 is 14.3 Å². The Morgan fingerprint density at radius 3 is 2.54 bits per heavy atom. The molecule has 2 heterocycles. The van der Waals surface area contributed by atoms with Gasteiger partial charge in [0.1, 0.15) is 11.4 Å². The van der Waals surface area contributed by atoms with E-state index in [9.17, 15) is 9.59 Å². The molecule has 7 heteroatoms. The largest absolute Gasteiger partial charge is 0.496 e. The van der Waals surface area contributed by atoms with Crippen molar-refractivity contribution in [3.05, 3.63) is 36.0 Å². The molecule has 1 aromatic carbocycles. The third-order valence-corrected chi connectivity index (χ3v) is 4.10. The molecule has 1 N–H and O–H groups in total. The van der Waals surface area contributed by atoms with Crippen LogP contribution in [0.4, 0.5) is 4.79 Å². The van der Waals surface area contributed by atoms with Crippen LogP contribution < -0.4 is 10.1 Å². The molecule has 1 saturated heterocycles. The predicted octanol–water partition coefficient (Wildman–Crippen LogP) is 2.81. The Labute approximate surface area is 152 Å². The van der Waals surface area contributed by atoms with Crippen molar-refractivity contribution in [3.8, 4) is 5.75 Å². The van der Waals surface area contributed by atoms with Gasteiger partial charge in [0.25, 0.3) is 5.91 Å². The summed E-state index contributed by atoms with van der Waals surface area (Å²) in [6.45, 7) is 6.69. The van der Waals surface area contributed by atoms with E-state index in [4.69, 9.17) is 4.74 Å². The number of amides is 3. The van der Waals surface area contributed by atoms with Crippen LogP contribution in [-0.4, -0.2) is 52.7 Å². The highest BCUT2D eigenvalue weighted by Gasteiger charge is 2.33. The molecule has 0 aliphatic carbocycles. The van der Waals surface area contributed by atoms with E-state index in [1.165, 1.54) is 10.0 Å². The molecule has 7 nitrogen and oxygen atoms in total.